The lowest BCUT2D eigenvalue weighted by Crippen LogP contribution is -2.31. The van der Waals surface area contributed by atoms with Gasteiger partial charge in [0.05, 0.1) is 12.2 Å². The zero-order chi connectivity index (χ0) is 19.5. The summed E-state index contributed by atoms with van der Waals surface area (Å²) in [5.41, 5.74) is 1.52. The van der Waals surface area contributed by atoms with Crippen molar-refractivity contribution >= 4 is 46.0 Å². The minimum atomic E-state index is -0.804. The Hall–Kier alpha value is -2.32. The number of hydrogen-bond donors (Lipinski definition) is 2. The van der Waals surface area contributed by atoms with E-state index >= 15 is 0 Å². The third kappa shape index (κ3) is 7.44. The molecule has 2 rings (SSSR count). The molecule has 3 amide bonds. The number of nitrogens with one attached hydrogen (secondary N) is 2. The van der Waals surface area contributed by atoms with Gasteiger partial charge in [0, 0.05) is 12.2 Å². The number of thioether (sulfide) groups is 1. The second kappa shape index (κ2) is 11.4. The molecule has 0 aliphatic heterocycles. The van der Waals surface area contributed by atoms with E-state index in [1.807, 2.05) is 18.2 Å². The first-order valence-electron chi connectivity index (χ1n) is 8.57. The van der Waals surface area contributed by atoms with Crippen LogP contribution in [0.25, 0.3) is 0 Å². The summed E-state index contributed by atoms with van der Waals surface area (Å²) in [6.07, 6.45) is 0.318. The van der Waals surface area contributed by atoms with E-state index in [1.165, 1.54) is 16.9 Å². The Bertz CT molecular complexity index is 762. The zero-order valence-electron chi connectivity index (χ0n) is 15.0. The Morgan fingerprint density at radius 3 is 2.67 bits per heavy atom. The topological polar surface area (TPSA) is 84.5 Å². The van der Waals surface area contributed by atoms with E-state index in [0.29, 0.717) is 11.4 Å². The van der Waals surface area contributed by atoms with Gasteiger partial charge in [-0.15, -0.1) is 11.3 Å². The fraction of sp³-hybridized carbons (Fsp3) is 0.316. The van der Waals surface area contributed by atoms with Gasteiger partial charge in [0.25, 0.3) is 5.91 Å². The number of imide groups is 1. The molecule has 0 aliphatic carbocycles. The summed E-state index contributed by atoms with van der Waals surface area (Å²) in [4.78, 5) is 35.5. The van der Waals surface area contributed by atoms with Crippen molar-refractivity contribution in [2.24, 2.45) is 0 Å². The Labute approximate surface area is 166 Å². The molecule has 1 heterocycles. The van der Waals surface area contributed by atoms with Crippen LogP contribution in [0.1, 0.15) is 35.7 Å². The molecule has 1 aromatic carbocycles. The standard InChI is InChI=1S/C19H22N2O4S2/c1-2-25-19(24)21-17(23)15-10-12-27-18(15)20-16(22)9-6-11-26-13-14-7-4-3-5-8-14/h3-5,7-8,10,12H,2,6,9,11,13H2,1H3,(H,20,22)(H,21,23,24). The smallest absolute Gasteiger partial charge is 0.414 e. The number of rotatable bonds is 9. The summed E-state index contributed by atoms with van der Waals surface area (Å²) in [6, 6.07) is 11.7. The molecule has 0 unspecified atom stereocenters. The van der Waals surface area contributed by atoms with Gasteiger partial charge in [0.2, 0.25) is 5.91 Å². The van der Waals surface area contributed by atoms with Gasteiger partial charge in [-0.1, -0.05) is 30.3 Å². The Morgan fingerprint density at radius 2 is 1.93 bits per heavy atom. The highest BCUT2D eigenvalue weighted by molar-refractivity contribution is 7.98. The molecule has 0 bridgehead atoms. The number of carbonyl (C=O) groups excluding carboxylic acids is 3. The Morgan fingerprint density at radius 1 is 1.15 bits per heavy atom. The number of hydrogen-bond acceptors (Lipinski definition) is 6. The lowest BCUT2D eigenvalue weighted by atomic mass is 10.2. The molecule has 0 atom stereocenters. The molecule has 2 aromatic rings. The molecule has 0 fully saturated rings. The minimum Gasteiger partial charge on any atom is -0.450 e. The predicted molar refractivity (Wildman–Crippen MR) is 109 cm³/mol. The highest BCUT2D eigenvalue weighted by Crippen LogP contribution is 2.23. The number of anilines is 1. The number of ether oxygens (including phenoxy) is 1. The molecule has 8 heteroatoms. The Kier molecular flexibility index (Phi) is 8.86. The first-order valence-corrected chi connectivity index (χ1v) is 10.6. The van der Waals surface area contributed by atoms with Gasteiger partial charge in [0.1, 0.15) is 5.00 Å². The van der Waals surface area contributed by atoms with E-state index in [9.17, 15) is 14.4 Å². The van der Waals surface area contributed by atoms with Crippen LogP contribution in [0.5, 0.6) is 0 Å². The zero-order valence-corrected chi connectivity index (χ0v) is 16.7. The molecule has 144 valence electrons. The van der Waals surface area contributed by atoms with Gasteiger partial charge in [-0.25, -0.2) is 4.79 Å². The van der Waals surface area contributed by atoms with E-state index in [4.69, 9.17) is 0 Å². The molecule has 0 saturated carbocycles. The van der Waals surface area contributed by atoms with Crippen LogP contribution >= 0.6 is 23.1 Å². The van der Waals surface area contributed by atoms with E-state index in [-0.39, 0.29) is 18.1 Å². The van der Waals surface area contributed by atoms with Gasteiger partial charge in [0.15, 0.2) is 0 Å². The van der Waals surface area contributed by atoms with Crippen molar-refractivity contribution in [3.05, 3.63) is 52.9 Å². The molecule has 6 nitrogen and oxygen atoms in total. The lowest BCUT2D eigenvalue weighted by molar-refractivity contribution is -0.116. The highest BCUT2D eigenvalue weighted by Gasteiger charge is 2.17. The third-order valence-corrected chi connectivity index (χ3v) is 5.40. The average molecular weight is 407 g/mol. The van der Waals surface area contributed by atoms with Crippen molar-refractivity contribution in [3.63, 3.8) is 0 Å². The molecule has 2 N–H and O–H groups in total. The SMILES string of the molecule is CCOC(=O)NC(=O)c1ccsc1NC(=O)CCCSCc1ccccc1. The number of benzene rings is 1. The van der Waals surface area contributed by atoms with Crippen molar-refractivity contribution in [1.29, 1.82) is 0 Å². The molecule has 0 saturated heterocycles. The van der Waals surface area contributed by atoms with Crippen LogP contribution in [-0.2, 0) is 15.3 Å². The minimum absolute atomic E-state index is 0.150. The quantitative estimate of drug-likeness (QED) is 0.607. The monoisotopic (exact) mass is 406 g/mol. The fourth-order valence-electron chi connectivity index (χ4n) is 2.20. The molecule has 27 heavy (non-hydrogen) atoms. The van der Waals surface area contributed by atoms with E-state index in [0.717, 1.165) is 17.9 Å². The molecule has 0 radical (unpaired) electrons. The van der Waals surface area contributed by atoms with Gasteiger partial charge in [-0.05, 0) is 36.1 Å². The maximum atomic E-state index is 12.1. The largest absolute Gasteiger partial charge is 0.450 e. The number of carbonyl (C=O) groups is 3. The molecule has 0 aliphatic rings. The van der Waals surface area contributed by atoms with Crippen LogP contribution in [0.4, 0.5) is 9.80 Å². The second-order valence-electron chi connectivity index (χ2n) is 5.53. The van der Waals surface area contributed by atoms with E-state index in [1.54, 1.807) is 30.1 Å². The summed E-state index contributed by atoms with van der Waals surface area (Å²) in [6.45, 7) is 1.83. The summed E-state index contributed by atoms with van der Waals surface area (Å²) in [5, 5.41) is 6.98. The van der Waals surface area contributed by atoms with E-state index in [2.05, 4.69) is 27.5 Å². The van der Waals surface area contributed by atoms with Crippen LogP contribution in [0.2, 0.25) is 0 Å². The number of thiophene rings is 1. The number of alkyl carbamates (subject to hydrolysis) is 1. The summed E-state index contributed by atoms with van der Waals surface area (Å²) in [5.74, 6) is 1.06. The first-order chi connectivity index (χ1) is 13.1. The third-order valence-electron chi connectivity index (χ3n) is 3.46. The highest BCUT2D eigenvalue weighted by atomic mass is 32.2. The maximum absolute atomic E-state index is 12.1. The maximum Gasteiger partial charge on any atom is 0.414 e. The Balaban J connectivity index is 1.72. The normalized spacial score (nSPS) is 10.3. The van der Waals surface area contributed by atoms with Crippen LogP contribution < -0.4 is 10.6 Å². The van der Waals surface area contributed by atoms with Crippen molar-refractivity contribution in [2.45, 2.75) is 25.5 Å². The average Bonchev–Trinajstić information content (AvgIpc) is 3.10. The van der Waals surface area contributed by atoms with Gasteiger partial charge in [-0.2, -0.15) is 11.8 Å². The van der Waals surface area contributed by atoms with Crippen molar-refractivity contribution in [1.82, 2.24) is 5.32 Å². The summed E-state index contributed by atoms with van der Waals surface area (Å²) in [7, 11) is 0. The van der Waals surface area contributed by atoms with Crippen LogP contribution in [0.3, 0.4) is 0 Å². The van der Waals surface area contributed by atoms with Gasteiger partial charge >= 0.3 is 6.09 Å². The summed E-state index contributed by atoms with van der Waals surface area (Å²) < 4.78 is 4.68. The van der Waals surface area contributed by atoms with E-state index < -0.39 is 12.0 Å². The van der Waals surface area contributed by atoms with Crippen LogP contribution in [0, 0.1) is 0 Å². The first kappa shape index (κ1) is 21.0. The van der Waals surface area contributed by atoms with Crippen molar-refractivity contribution < 1.29 is 19.1 Å². The van der Waals surface area contributed by atoms with Crippen LogP contribution in [0.15, 0.2) is 41.8 Å². The number of amides is 3. The lowest BCUT2D eigenvalue weighted by Gasteiger charge is -2.07. The van der Waals surface area contributed by atoms with Crippen molar-refractivity contribution in [2.75, 3.05) is 17.7 Å². The van der Waals surface area contributed by atoms with Crippen LogP contribution in [-0.4, -0.2) is 30.3 Å². The second-order valence-corrected chi connectivity index (χ2v) is 7.55. The molecular formula is C19H22N2O4S2. The fourth-order valence-corrected chi connectivity index (χ4v) is 3.92. The van der Waals surface area contributed by atoms with Gasteiger partial charge in [-0.3, -0.25) is 14.9 Å². The van der Waals surface area contributed by atoms with Crippen molar-refractivity contribution in [3.8, 4) is 0 Å². The predicted octanol–water partition coefficient (Wildman–Crippen LogP) is 4.29. The molecular weight excluding hydrogens is 384 g/mol. The molecule has 1 aromatic heterocycles. The van der Waals surface area contributed by atoms with Gasteiger partial charge < -0.3 is 10.1 Å². The summed E-state index contributed by atoms with van der Waals surface area (Å²) >= 11 is 3.02. The molecule has 0 spiro atoms.